The van der Waals surface area contributed by atoms with Crippen LogP contribution in [0.1, 0.15) is 28.9 Å². The third kappa shape index (κ3) is 3.64. The summed E-state index contributed by atoms with van der Waals surface area (Å²) in [6.45, 7) is 3.78. The van der Waals surface area contributed by atoms with Crippen LogP contribution in [0.25, 0.3) is 0 Å². The third-order valence-electron chi connectivity index (χ3n) is 3.75. The number of anilines is 2. The van der Waals surface area contributed by atoms with E-state index in [4.69, 9.17) is 11.6 Å². The van der Waals surface area contributed by atoms with Crippen molar-refractivity contribution < 1.29 is 4.79 Å². The highest BCUT2D eigenvalue weighted by Crippen LogP contribution is 2.23. The molecule has 1 amide bonds. The number of nitrogens with one attached hydrogen (secondary N) is 1. The molecule has 1 N–H and O–H groups in total. The fourth-order valence-electron chi connectivity index (χ4n) is 2.50. The van der Waals surface area contributed by atoms with Gasteiger partial charge in [0, 0.05) is 23.2 Å². The molecular formula is C16H16BrClN4O. The van der Waals surface area contributed by atoms with Crippen molar-refractivity contribution in [3.8, 4) is 0 Å². The Kier molecular flexibility index (Phi) is 4.82. The molecule has 7 heteroatoms. The van der Waals surface area contributed by atoms with Crippen molar-refractivity contribution in [2.45, 2.75) is 19.8 Å². The summed E-state index contributed by atoms with van der Waals surface area (Å²) in [5, 5.41) is 3.08. The number of benzene rings is 1. The summed E-state index contributed by atoms with van der Waals surface area (Å²) in [6.07, 6.45) is 3.72. The van der Waals surface area contributed by atoms with Crippen LogP contribution in [0.3, 0.4) is 0 Å². The molecule has 0 spiro atoms. The minimum atomic E-state index is -0.334. The summed E-state index contributed by atoms with van der Waals surface area (Å²) in [6, 6.07) is 5.60. The van der Waals surface area contributed by atoms with Gasteiger partial charge in [-0.25, -0.2) is 9.97 Å². The first kappa shape index (κ1) is 16.2. The van der Waals surface area contributed by atoms with Crippen molar-refractivity contribution in [1.29, 1.82) is 0 Å². The monoisotopic (exact) mass is 394 g/mol. The second-order valence-electron chi connectivity index (χ2n) is 5.48. The molecule has 1 aliphatic heterocycles. The molecule has 120 valence electrons. The van der Waals surface area contributed by atoms with Gasteiger partial charge in [0.25, 0.3) is 5.91 Å². The zero-order valence-corrected chi connectivity index (χ0v) is 15.0. The number of aromatic nitrogens is 2. The lowest BCUT2D eigenvalue weighted by Crippen LogP contribution is -2.23. The number of nitrogens with zero attached hydrogens (tertiary/aromatic N) is 3. The van der Waals surface area contributed by atoms with E-state index in [1.165, 1.54) is 6.20 Å². The summed E-state index contributed by atoms with van der Waals surface area (Å²) in [5.41, 5.74) is 1.94. The van der Waals surface area contributed by atoms with Gasteiger partial charge in [0.1, 0.15) is 0 Å². The number of amides is 1. The third-order valence-corrected chi connectivity index (χ3v) is 4.92. The first-order chi connectivity index (χ1) is 11.0. The van der Waals surface area contributed by atoms with Gasteiger partial charge >= 0.3 is 0 Å². The molecular weight excluding hydrogens is 380 g/mol. The molecule has 1 aromatic carbocycles. The molecule has 0 bridgehead atoms. The molecule has 1 saturated heterocycles. The summed E-state index contributed by atoms with van der Waals surface area (Å²) in [7, 11) is 0. The number of carbonyl (C=O) groups is 1. The van der Waals surface area contributed by atoms with E-state index in [1.807, 2.05) is 25.1 Å². The van der Waals surface area contributed by atoms with Crippen molar-refractivity contribution in [3.05, 3.63) is 45.1 Å². The van der Waals surface area contributed by atoms with Gasteiger partial charge < -0.3 is 10.2 Å². The van der Waals surface area contributed by atoms with Gasteiger partial charge in [0.15, 0.2) is 5.69 Å². The van der Waals surface area contributed by atoms with E-state index >= 15 is 0 Å². The molecule has 0 radical (unpaired) electrons. The molecule has 1 aromatic heterocycles. The van der Waals surface area contributed by atoms with E-state index in [0.29, 0.717) is 11.6 Å². The first-order valence-electron chi connectivity index (χ1n) is 7.39. The Labute approximate surface area is 148 Å². The topological polar surface area (TPSA) is 58.1 Å². The lowest BCUT2D eigenvalue weighted by atomic mass is 10.2. The minimum absolute atomic E-state index is 0.198. The van der Waals surface area contributed by atoms with Gasteiger partial charge in [-0.05, 0) is 43.5 Å². The minimum Gasteiger partial charge on any atom is -0.341 e. The number of hydrogen-bond donors (Lipinski definition) is 1. The van der Waals surface area contributed by atoms with Crippen LogP contribution >= 0.6 is 27.5 Å². The quantitative estimate of drug-likeness (QED) is 0.851. The van der Waals surface area contributed by atoms with Crippen LogP contribution < -0.4 is 10.2 Å². The Morgan fingerprint density at radius 1 is 1.35 bits per heavy atom. The highest BCUT2D eigenvalue weighted by molar-refractivity contribution is 9.10. The van der Waals surface area contributed by atoms with Crippen molar-refractivity contribution in [2.75, 3.05) is 23.3 Å². The van der Waals surface area contributed by atoms with E-state index in [2.05, 4.69) is 36.1 Å². The molecule has 23 heavy (non-hydrogen) atoms. The lowest BCUT2D eigenvalue weighted by molar-refractivity contribution is 0.102. The van der Waals surface area contributed by atoms with Crippen LogP contribution in [0, 0.1) is 6.92 Å². The maximum Gasteiger partial charge on any atom is 0.276 e. The van der Waals surface area contributed by atoms with Crippen molar-refractivity contribution in [1.82, 2.24) is 9.97 Å². The number of carbonyl (C=O) groups excluding carboxylic acids is 1. The molecule has 0 saturated carbocycles. The van der Waals surface area contributed by atoms with Crippen LogP contribution in [-0.4, -0.2) is 29.0 Å². The average molecular weight is 396 g/mol. The number of rotatable bonds is 3. The average Bonchev–Trinajstić information content (AvgIpc) is 3.06. The molecule has 1 fully saturated rings. The molecule has 2 aromatic rings. The Hall–Kier alpha value is -1.66. The van der Waals surface area contributed by atoms with Crippen molar-refractivity contribution in [2.24, 2.45) is 0 Å². The SMILES string of the molecule is Cc1cc(NC(=O)c2nc(N3CCCC3)ncc2Cl)ccc1Br. The van der Waals surface area contributed by atoms with Gasteiger partial charge in [-0.1, -0.05) is 27.5 Å². The second-order valence-corrected chi connectivity index (χ2v) is 6.74. The normalized spacial score (nSPS) is 14.1. The predicted molar refractivity (Wildman–Crippen MR) is 95.3 cm³/mol. The maximum absolute atomic E-state index is 12.5. The van der Waals surface area contributed by atoms with E-state index in [0.717, 1.165) is 36.0 Å². The zero-order chi connectivity index (χ0) is 16.4. The van der Waals surface area contributed by atoms with Gasteiger partial charge in [-0.2, -0.15) is 0 Å². The lowest BCUT2D eigenvalue weighted by Gasteiger charge is -2.16. The van der Waals surface area contributed by atoms with Gasteiger partial charge in [0.05, 0.1) is 11.2 Å². The Morgan fingerprint density at radius 2 is 2.09 bits per heavy atom. The first-order valence-corrected chi connectivity index (χ1v) is 8.56. The number of halogens is 2. The molecule has 0 atom stereocenters. The summed E-state index contributed by atoms with van der Waals surface area (Å²) < 4.78 is 0.992. The summed E-state index contributed by atoms with van der Waals surface area (Å²) in [4.78, 5) is 23.1. The molecule has 5 nitrogen and oxygen atoms in total. The Morgan fingerprint density at radius 3 is 2.78 bits per heavy atom. The number of aryl methyl sites for hydroxylation is 1. The summed E-state index contributed by atoms with van der Waals surface area (Å²) in [5.74, 6) is 0.226. The standard InChI is InChI=1S/C16H16BrClN4O/c1-10-8-11(4-5-12(10)17)20-15(23)14-13(18)9-19-16(21-14)22-6-2-3-7-22/h4-5,8-9H,2-3,6-7H2,1H3,(H,20,23). The predicted octanol–water partition coefficient (Wildman–Crippen LogP) is 4.05. The van der Waals surface area contributed by atoms with E-state index in [1.54, 1.807) is 0 Å². The van der Waals surface area contributed by atoms with Crippen LogP contribution in [0.15, 0.2) is 28.9 Å². The van der Waals surface area contributed by atoms with E-state index < -0.39 is 0 Å². The summed E-state index contributed by atoms with van der Waals surface area (Å²) >= 11 is 9.55. The second kappa shape index (κ2) is 6.84. The molecule has 0 aliphatic carbocycles. The zero-order valence-electron chi connectivity index (χ0n) is 12.6. The highest BCUT2D eigenvalue weighted by atomic mass is 79.9. The maximum atomic E-state index is 12.5. The number of hydrogen-bond acceptors (Lipinski definition) is 4. The Bertz CT molecular complexity index is 747. The van der Waals surface area contributed by atoms with Crippen molar-refractivity contribution in [3.63, 3.8) is 0 Å². The van der Waals surface area contributed by atoms with Gasteiger partial charge in [0.2, 0.25) is 5.95 Å². The molecule has 0 unspecified atom stereocenters. The highest BCUT2D eigenvalue weighted by Gasteiger charge is 2.19. The Balaban J connectivity index is 1.83. The van der Waals surface area contributed by atoms with E-state index in [-0.39, 0.29) is 16.6 Å². The van der Waals surface area contributed by atoms with E-state index in [9.17, 15) is 4.79 Å². The fourth-order valence-corrected chi connectivity index (χ4v) is 2.92. The smallest absolute Gasteiger partial charge is 0.276 e. The van der Waals surface area contributed by atoms with Crippen LogP contribution in [0.5, 0.6) is 0 Å². The van der Waals surface area contributed by atoms with Crippen LogP contribution in [0.4, 0.5) is 11.6 Å². The van der Waals surface area contributed by atoms with Gasteiger partial charge in [-0.3, -0.25) is 4.79 Å². The molecule has 3 rings (SSSR count). The molecule has 2 heterocycles. The van der Waals surface area contributed by atoms with Crippen LogP contribution in [0.2, 0.25) is 5.02 Å². The largest absolute Gasteiger partial charge is 0.341 e. The van der Waals surface area contributed by atoms with Crippen molar-refractivity contribution >= 4 is 45.1 Å². The van der Waals surface area contributed by atoms with Crippen LogP contribution in [-0.2, 0) is 0 Å². The fraction of sp³-hybridized carbons (Fsp3) is 0.312. The molecule has 1 aliphatic rings. The van der Waals surface area contributed by atoms with Gasteiger partial charge in [-0.15, -0.1) is 0 Å².